The first-order chi connectivity index (χ1) is 3.42. The third-order valence-electron chi connectivity index (χ3n) is 0.209. The maximum absolute atomic E-state index is 9.61. The highest BCUT2D eigenvalue weighted by molar-refractivity contribution is 7.46. The van der Waals surface area contributed by atoms with Crippen LogP contribution < -0.4 is 18.0 Å². The summed E-state index contributed by atoms with van der Waals surface area (Å²) in [6.45, 7) is 0. The Bertz CT molecular complexity index is 140. The molecule has 0 heterocycles. The van der Waals surface area contributed by atoms with Crippen molar-refractivity contribution < 1.29 is 23.7 Å². The van der Waals surface area contributed by atoms with Crippen molar-refractivity contribution in [1.29, 1.82) is 0 Å². The largest absolute Gasteiger partial charge is 0.528 e. The van der Waals surface area contributed by atoms with Gasteiger partial charge in [-0.05, 0) is 0 Å². The summed E-state index contributed by atoms with van der Waals surface area (Å²) in [6, 6.07) is 0. The summed E-state index contributed by atoms with van der Waals surface area (Å²) in [5.41, 5.74) is 4.23. The molecule has 0 spiro atoms. The van der Waals surface area contributed by atoms with Crippen LogP contribution in [0.2, 0.25) is 0 Å². The van der Waals surface area contributed by atoms with E-state index in [-0.39, 0.29) is 12.3 Å². The number of hydrogen-bond donors (Lipinski definition) is 5. The van der Waals surface area contributed by atoms with Crippen molar-refractivity contribution in [3.63, 3.8) is 0 Å². The third kappa shape index (κ3) is 15.7. The van der Waals surface area contributed by atoms with Gasteiger partial charge in [-0.2, -0.15) is 0 Å². The summed E-state index contributed by atoms with van der Waals surface area (Å²) in [7, 11) is -4.70. The molecule has 0 aliphatic carbocycles. The molecule has 0 rings (SSSR count). The fourth-order valence-electron chi connectivity index (χ4n) is 0.117. The summed E-state index contributed by atoms with van der Waals surface area (Å²) < 4.78 is 12.9. The summed E-state index contributed by atoms with van der Waals surface area (Å²) >= 11 is 0. The van der Waals surface area contributed by atoms with Crippen LogP contribution in [0.1, 0.15) is 0 Å². The van der Waals surface area contributed by atoms with Crippen molar-refractivity contribution in [3.8, 4) is 0 Å². The second-order valence-corrected chi connectivity index (χ2v) is 2.06. The van der Waals surface area contributed by atoms with Crippen molar-refractivity contribution in [2.24, 2.45) is 5.73 Å². The number of carbonyl (C=O) groups excluding carboxylic acids is 1. The fraction of sp³-hybridized carbons (Fsp3) is 0. The molecule has 0 radical (unpaired) electrons. The number of rotatable bonds is 1. The molecule has 0 aromatic carbocycles. The minimum absolute atomic E-state index is 0. The first-order valence-electron chi connectivity index (χ1n) is 1.46. The lowest BCUT2D eigenvalue weighted by Gasteiger charge is -1.98. The van der Waals surface area contributed by atoms with Crippen LogP contribution in [-0.4, -0.2) is 15.9 Å². The highest BCUT2D eigenvalue weighted by atomic mass is 31.2. The summed E-state index contributed by atoms with van der Waals surface area (Å²) in [4.78, 5) is 25.1. The average Bonchev–Trinajstić information content (AvgIpc) is 1.21. The maximum atomic E-state index is 9.61. The van der Waals surface area contributed by atoms with Crippen molar-refractivity contribution in [2.45, 2.75) is 0 Å². The molecule has 0 aliphatic rings. The Morgan fingerprint density at radius 2 is 1.70 bits per heavy atom. The first kappa shape index (κ1) is 16.2. The molecule has 10 N–H and O–H groups in total. The number of nitrogens with two attached hydrogens (primary N) is 1. The number of amides is 1. The van der Waals surface area contributed by atoms with Gasteiger partial charge in [0.05, 0.1) is 0 Å². The van der Waals surface area contributed by atoms with Gasteiger partial charge in [0.15, 0.2) is 0 Å². The Morgan fingerprint density at radius 3 is 1.70 bits per heavy atom. The number of phosphoric ester groups is 1. The Morgan fingerprint density at radius 1 is 1.40 bits per heavy atom. The summed E-state index contributed by atoms with van der Waals surface area (Å²) in [5, 5.41) is 0. The number of hydrogen-bond acceptors (Lipinski definition) is 5. The predicted octanol–water partition coefficient (Wildman–Crippen LogP) is -0.502. The monoisotopic (exact) mass is 175 g/mol. The molecular weight excluding hydrogens is 165 g/mol. The SMILES string of the molecule is N.N.NC(=O)OP(=O)(O)O. The lowest BCUT2D eigenvalue weighted by molar-refractivity contribution is 0.185. The van der Waals surface area contributed by atoms with Gasteiger partial charge in [0.1, 0.15) is 0 Å². The van der Waals surface area contributed by atoms with E-state index in [1.54, 1.807) is 0 Å². The van der Waals surface area contributed by atoms with Crippen LogP contribution in [0.15, 0.2) is 0 Å². The molecule has 0 unspecified atom stereocenters. The summed E-state index contributed by atoms with van der Waals surface area (Å²) in [6.07, 6.45) is -1.49. The Kier molecular flexibility index (Phi) is 8.32. The predicted molar refractivity (Wildman–Crippen MR) is 32.8 cm³/mol. The lowest BCUT2D eigenvalue weighted by atomic mass is 11.3. The van der Waals surface area contributed by atoms with E-state index in [1.807, 2.05) is 0 Å². The highest BCUT2D eigenvalue weighted by Gasteiger charge is 2.17. The smallest absolute Gasteiger partial charge is 0.354 e. The molecule has 8 nitrogen and oxygen atoms in total. The second kappa shape index (κ2) is 5.15. The van der Waals surface area contributed by atoms with Crippen molar-refractivity contribution >= 4 is 13.9 Å². The molecule has 10 heavy (non-hydrogen) atoms. The van der Waals surface area contributed by atoms with E-state index in [9.17, 15) is 9.36 Å². The molecule has 0 aromatic rings. The topological polar surface area (TPSA) is 180 Å². The van der Waals surface area contributed by atoms with Crippen LogP contribution >= 0.6 is 7.82 Å². The maximum Gasteiger partial charge on any atom is 0.528 e. The summed E-state index contributed by atoms with van der Waals surface area (Å²) in [5.74, 6) is 0. The second-order valence-electron chi connectivity index (χ2n) is 0.901. The van der Waals surface area contributed by atoms with Crippen LogP contribution in [0.5, 0.6) is 0 Å². The molecule has 9 heteroatoms. The van der Waals surface area contributed by atoms with Gasteiger partial charge in [0.2, 0.25) is 0 Å². The molecule has 0 bridgehead atoms. The fourth-order valence-corrected chi connectivity index (χ4v) is 0.352. The normalized spacial score (nSPS) is 8.60. The van der Waals surface area contributed by atoms with Gasteiger partial charge in [0.25, 0.3) is 0 Å². The van der Waals surface area contributed by atoms with Crippen molar-refractivity contribution in [2.75, 3.05) is 0 Å². The van der Waals surface area contributed by atoms with Crippen LogP contribution in [-0.2, 0) is 9.09 Å². The average molecular weight is 175 g/mol. The Hall–Kier alpha value is -0.660. The van der Waals surface area contributed by atoms with E-state index >= 15 is 0 Å². The zero-order valence-electron chi connectivity index (χ0n) is 5.06. The van der Waals surface area contributed by atoms with E-state index < -0.39 is 13.9 Å². The zero-order chi connectivity index (χ0) is 6.78. The van der Waals surface area contributed by atoms with E-state index in [4.69, 9.17) is 9.79 Å². The molecular formula is CH10N3O5P. The number of primary amides is 1. The van der Waals surface area contributed by atoms with Gasteiger partial charge in [-0.25, -0.2) is 9.36 Å². The van der Waals surface area contributed by atoms with Gasteiger partial charge in [-0.15, -0.1) is 0 Å². The Labute approximate surface area is 56.8 Å². The molecule has 0 aliphatic heterocycles. The number of phosphoric acid groups is 1. The van der Waals surface area contributed by atoms with Gasteiger partial charge in [-0.3, -0.25) is 9.79 Å². The highest BCUT2D eigenvalue weighted by Crippen LogP contribution is 2.35. The molecule has 0 atom stereocenters. The van der Waals surface area contributed by atoms with Crippen LogP contribution in [0, 0.1) is 0 Å². The van der Waals surface area contributed by atoms with Gasteiger partial charge < -0.3 is 22.6 Å². The lowest BCUT2D eigenvalue weighted by Crippen LogP contribution is -2.10. The first-order valence-corrected chi connectivity index (χ1v) is 2.99. The Balaban J connectivity index is -0.000000245. The van der Waals surface area contributed by atoms with E-state index in [0.717, 1.165) is 0 Å². The van der Waals surface area contributed by atoms with Crippen LogP contribution in [0.25, 0.3) is 0 Å². The van der Waals surface area contributed by atoms with Crippen molar-refractivity contribution in [3.05, 3.63) is 0 Å². The van der Waals surface area contributed by atoms with Crippen LogP contribution in [0.4, 0.5) is 4.79 Å². The van der Waals surface area contributed by atoms with E-state index in [2.05, 4.69) is 10.3 Å². The molecule has 0 fully saturated rings. The standard InChI is InChI=1S/CH4NO5P.2H3N/c2-1(3)7-8(4,5)6;;/h(H2,2,3)(H2,4,5,6);2*1H3. The quantitative estimate of drug-likeness (QED) is 0.333. The van der Waals surface area contributed by atoms with E-state index in [1.165, 1.54) is 0 Å². The molecule has 0 aromatic heterocycles. The van der Waals surface area contributed by atoms with Gasteiger partial charge in [-0.1, -0.05) is 0 Å². The molecule has 0 saturated heterocycles. The van der Waals surface area contributed by atoms with Gasteiger partial charge >= 0.3 is 13.9 Å². The minimum atomic E-state index is -4.70. The molecule has 0 saturated carbocycles. The van der Waals surface area contributed by atoms with E-state index in [0.29, 0.717) is 0 Å². The third-order valence-corrected chi connectivity index (χ3v) is 0.627. The molecule has 64 valence electrons. The van der Waals surface area contributed by atoms with Crippen LogP contribution in [0.3, 0.4) is 0 Å². The number of carbonyl (C=O) groups is 1. The molecule has 1 amide bonds. The van der Waals surface area contributed by atoms with Crippen molar-refractivity contribution in [1.82, 2.24) is 12.3 Å². The zero-order valence-corrected chi connectivity index (χ0v) is 5.95. The minimum Gasteiger partial charge on any atom is -0.354 e. The van der Waals surface area contributed by atoms with Gasteiger partial charge in [0, 0.05) is 0 Å².